The molecule has 1 aliphatic heterocycles. The molecule has 0 aliphatic carbocycles. The maximum Gasteiger partial charge on any atom is 0.237 e. The number of amides is 1. The first-order valence-corrected chi connectivity index (χ1v) is 6.54. The number of anilines is 1. The molecule has 1 heterocycles. The lowest BCUT2D eigenvalue weighted by molar-refractivity contribution is -0.115. The lowest BCUT2D eigenvalue weighted by atomic mass is 9.98. The topological polar surface area (TPSA) is 52.9 Å². The average molecular weight is 246 g/mol. The Morgan fingerprint density at radius 1 is 1.59 bits per heavy atom. The molecule has 0 radical (unpaired) electrons. The van der Waals surface area contributed by atoms with Gasteiger partial charge in [-0.2, -0.15) is 5.26 Å². The monoisotopic (exact) mass is 246 g/mol. The summed E-state index contributed by atoms with van der Waals surface area (Å²) in [5, 5.41) is 11.9. The summed E-state index contributed by atoms with van der Waals surface area (Å²) in [5.74, 6) is -0.0172. The molecule has 1 aliphatic rings. The number of carbonyl (C=O) groups excluding carboxylic acids is 1. The molecule has 2 unspecified atom stereocenters. The van der Waals surface area contributed by atoms with Crippen molar-refractivity contribution in [3.05, 3.63) is 23.8 Å². The summed E-state index contributed by atoms with van der Waals surface area (Å²) in [5.41, 5.74) is 1.89. The Morgan fingerprint density at radius 3 is 3.00 bits per heavy atom. The van der Waals surface area contributed by atoms with Gasteiger partial charge in [0.05, 0.1) is 22.9 Å². The largest absolute Gasteiger partial charge is 0.324 e. The van der Waals surface area contributed by atoms with Gasteiger partial charge in [-0.3, -0.25) is 4.79 Å². The summed E-state index contributed by atoms with van der Waals surface area (Å²) in [7, 11) is 0. The zero-order valence-electron chi connectivity index (χ0n) is 9.86. The number of thioether (sulfide) groups is 1. The molecule has 0 fully saturated rings. The van der Waals surface area contributed by atoms with E-state index in [9.17, 15) is 4.79 Å². The maximum absolute atomic E-state index is 11.5. The van der Waals surface area contributed by atoms with Gasteiger partial charge in [-0.15, -0.1) is 11.8 Å². The molecular weight excluding hydrogens is 232 g/mol. The van der Waals surface area contributed by atoms with Gasteiger partial charge < -0.3 is 5.32 Å². The zero-order valence-corrected chi connectivity index (χ0v) is 10.7. The van der Waals surface area contributed by atoms with E-state index in [1.807, 2.05) is 32.0 Å². The highest BCUT2D eigenvalue weighted by atomic mass is 32.2. The van der Waals surface area contributed by atoms with E-state index in [4.69, 9.17) is 5.26 Å². The van der Waals surface area contributed by atoms with Crippen LogP contribution in [0.25, 0.3) is 0 Å². The highest BCUT2D eigenvalue weighted by Crippen LogP contribution is 2.37. The van der Waals surface area contributed by atoms with E-state index in [0.717, 1.165) is 22.6 Å². The van der Waals surface area contributed by atoms with Crippen LogP contribution in [0.15, 0.2) is 23.1 Å². The van der Waals surface area contributed by atoms with Gasteiger partial charge in [0.25, 0.3) is 0 Å². The van der Waals surface area contributed by atoms with E-state index in [0.29, 0.717) is 0 Å². The standard InChI is InChI=1S/C13H14N2OS/c1-3-9(7-14)10-4-5-11-12(6-10)17-8(2)13(16)15-11/h4-6,8-9H,3H2,1-2H3,(H,15,16). The Kier molecular flexibility index (Phi) is 3.39. The van der Waals surface area contributed by atoms with Crippen molar-refractivity contribution >= 4 is 23.4 Å². The Bertz CT molecular complexity index is 493. The lowest BCUT2D eigenvalue weighted by Crippen LogP contribution is -2.26. The summed E-state index contributed by atoms with van der Waals surface area (Å²) in [4.78, 5) is 12.6. The van der Waals surface area contributed by atoms with Crippen molar-refractivity contribution in [2.24, 2.45) is 0 Å². The van der Waals surface area contributed by atoms with Gasteiger partial charge >= 0.3 is 0 Å². The van der Waals surface area contributed by atoms with Crippen LogP contribution in [0, 0.1) is 11.3 Å². The third-order valence-corrected chi connectivity index (χ3v) is 4.06. The highest BCUT2D eigenvalue weighted by Gasteiger charge is 2.23. The van der Waals surface area contributed by atoms with E-state index in [2.05, 4.69) is 11.4 Å². The van der Waals surface area contributed by atoms with E-state index < -0.39 is 0 Å². The van der Waals surface area contributed by atoms with Crippen molar-refractivity contribution in [3.8, 4) is 6.07 Å². The van der Waals surface area contributed by atoms with Gasteiger partial charge in [-0.25, -0.2) is 0 Å². The van der Waals surface area contributed by atoms with Crippen LogP contribution in [0.1, 0.15) is 31.7 Å². The van der Waals surface area contributed by atoms with Gasteiger partial charge in [0.15, 0.2) is 0 Å². The van der Waals surface area contributed by atoms with Gasteiger partial charge in [0.2, 0.25) is 5.91 Å². The smallest absolute Gasteiger partial charge is 0.237 e. The highest BCUT2D eigenvalue weighted by molar-refractivity contribution is 8.00. The number of nitrogens with zero attached hydrogens (tertiary/aromatic N) is 1. The van der Waals surface area contributed by atoms with E-state index in [1.165, 1.54) is 0 Å². The molecule has 0 saturated carbocycles. The van der Waals surface area contributed by atoms with Crippen LogP contribution in [0.3, 0.4) is 0 Å². The molecule has 17 heavy (non-hydrogen) atoms. The second kappa shape index (κ2) is 4.80. The second-order valence-corrected chi connectivity index (χ2v) is 5.48. The van der Waals surface area contributed by atoms with Crippen molar-refractivity contribution in [2.75, 3.05) is 5.32 Å². The minimum absolute atomic E-state index is 0.0441. The number of hydrogen-bond donors (Lipinski definition) is 1. The van der Waals surface area contributed by atoms with Gasteiger partial charge in [0, 0.05) is 4.90 Å². The average Bonchev–Trinajstić information content (AvgIpc) is 2.32. The lowest BCUT2D eigenvalue weighted by Gasteiger charge is -2.22. The van der Waals surface area contributed by atoms with Crippen LogP contribution in [-0.2, 0) is 4.79 Å². The molecule has 0 bridgehead atoms. The fraction of sp³-hybridized carbons (Fsp3) is 0.385. The number of nitriles is 1. The fourth-order valence-electron chi connectivity index (χ4n) is 1.84. The molecule has 0 saturated heterocycles. The Labute approximate surface area is 105 Å². The first-order valence-electron chi connectivity index (χ1n) is 5.66. The molecular formula is C13H14N2OS. The third-order valence-electron chi connectivity index (χ3n) is 2.90. The van der Waals surface area contributed by atoms with Crippen molar-refractivity contribution in [1.82, 2.24) is 0 Å². The fourth-order valence-corrected chi connectivity index (χ4v) is 2.83. The number of benzene rings is 1. The minimum Gasteiger partial charge on any atom is -0.324 e. The molecule has 2 atom stereocenters. The molecule has 0 aromatic heterocycles. The zero-order chi connectivity index (χ0) is 12.4. The number of carbonyl (C=O) groups is 1. The predicted molar refractivity (Wildman–Crippen MR) is 69.0 cm³/mol. The number of nitrogens with one attached hydrogen (secondary N) is 1. The molecule has 1 aromatic carbocycles. The van der Waals surface area contributed by atoms with Gasteiger partial charge in [-0.1, -0.05) is 13.0 Å². The van der Waals surface area contributed by atoms with Crippen molar-refractivity contribution in [2.45, 2.75) is 36.3 Å². The Hall–Kier alpha value is -1.47. The van der Waals surface area contributed by atoms with Crippen LogP contribution in [0.4, 0.5) is 5.69 Å². The summed E-state index contributed by atoms with van der Waals surface area (Å²) in [6, 6.07) is 8.13. The van der Waals surface area contributed by atoms with E-state index in [-0.39, 0.29) is 17.1 Å². The first kappa shape index (κ1) is 12.0. The van der Waals surface area contributed by atoms with Crippen molar-refractivity contribution in [1.29, 1.82) is 5.26 Å². The number of rotatable bonds is 2. The molecule has 88 valence electrons. The molecule has 1 N–H and O–H groups in total. The maximum atomic E-state index is 11.5. The quantitative estimate of drug-likeness (QED) is 0.872. The minimum atomic E-state index is -0.0695. The number of hydrogen-bond acceptors (Lipinski definition) is 3. The summed E-state index contributed by atoms with van der Waals surface area (Å²) >= 11 is 1.55. The van der Waals surface area contributed by atoms with Crippen LogP contribution in [-0.4, -0.2) is 11.2 Å². The van der Waals surface area contributed by atoms with E-state index in [1.54, 1.807) is 11.8 Å². The molecule has 1 amide bonds. The van der Waals surface area contributed by atoms with Gasteiger partial charge in [-0.05, 0) is 31.0 Å². The molecule has 2 rings (SSSR count). The normalized spacial score (nSPS) is 20.1. The SMILES string of the molecule is CCC(C#N)c1ccc2c(c1)SC(C)C(=O)N2. The first-order chi connectivity index (χ1) is 8.15. The predicted octanol–water partition coefficient (Wildman–Crippen LogP) is 3.14. The van der Waals surface area contributed by atoms with Crippen molar-refractivity contribution in [3.63, 3.8) is 0 Å². The second-order valence-electron chi connectivity index (χ2n) is 4.09. The summed E-state index contributed by atoms with van der Waals surface area (Å²) < 4.78 is 0. The molecule has 0 spiro atoms. The Balaban J connectivity index is 2.35. The number of fused-ring (bicyclic) bond motifs is 1. The molecule has 1 aromatic rings. The van der Waals surface area contributed by atoms with E-state index >= 15 is 0 Å². The molecule has 3 nitrogen and oxygen atoms in total. The molecule has 4 heteroatoms. The van der Waals surface area contributed by atoms with Crippen LogP contribution >= 0.6 is 11.8 Å². The summed E-state index contributed by atoms with van der Waals surface area (Å²) in [6.07, 6.45) is 0.807. The van der Waals surface area contributed by atoms with Crippen LogP contribution < -0.4 is 5.32 Å². The summed E-state index contributed by atoms with van der Waals surface area (Å²) in [6.45, 7) is 3.89. The van der Waals surface area contributed by atoms with Crippen LogP contribution in [0.2, 0.25) is 0 Å². The third kappa shape index (κ3) is 2.29. The van der Waals surface area contributed by atoms with Crippen LogP contribution in [0.5, 0.6) is 0 Å². The van der Waals surface area contributed by atoms with Gasteiger partial charge in [0.1, 0.15) is 0 Å². The Morgan fingerprint density at radius 2 is 2.35 bits per heavy atom. The van der Waals surface area contributed by atoms with Crippen molar-refractivity contribution < 1.29 is 4.79 Å².